The summed E-state index contributed by atoms with van der Waals surface area (Å²) in [6.07, 6.45) is 3.23. The highest BCUT2D eigenvalue weighted by Gasteiger charge is 2.01. The molecule has 7 heteroatoms. The average molecular weight is 262 g/mol. The van der Waals surface area contributed by atoms with E-state index in [2.05, 4.69) is 30.7 Å². The van der Waals surface area contributed by atoms with Crippen LogP contribution in [0.15, 0.2) is 29.0 Å². The molecule has 2 N–H and O–H groups in total. The van der Waals surface area contributed by atoms with E-state index in [1.807, 2.05) is 26.2 Å². The van der Waals surface area contributed by atoms with Gasteiger partial charge in [-0.15, -0.1) is 5.10 Å². The molecule has 0 atom stereocenters. The second-order valence-electron chi connectivity index (χ2n) is 4.33. The van der Waals surface area contributed by atoms with E-state index in [0.29, 0.717) is 18.3 Å². The molecule has 2 heterocycles. The molecule has 0 radical (unpaired) electrons. The summed E-state index contributed by atoms with van der Waals surface area (Å²) in [6, 6.07) is 3.75. The van der Waals surface area contributed by atoms with Crippen molar-refractivity contribution >= 4 is 11.8 Å². The van der Waals surface area contributed by atoms with Gasteiger partial charge in [0.25, 0.3) is 0 Å². The number of furan rings is 1. The SMILES string of the molecule is CN(C)CCNc1nncc(NCc2ccco2)n1. The number of rotatable bonds is 7. The lowest BCUT2D eigenvalue weighted by atomic mass is 10.4. The van der Waals surface area contributed by atoms with Gasteiger partial charge >= 0.3 is 0 Å². The molecule has 2 rings (SSSR count). The van der Waals surface area contributed by atoms with Gasteiger partial charge in [0.2, 0.25) is 5.95 Å². The van der Waals surface area contributed by atoms with E-state index in [0.717, 1.165) is 18.8 Å². The van der Waals surface area contributed by atoms with E-state index in [-0.39, 0.29) is 0 Å². The molecule has 0 amide bonds. The van der Waals surface area contributed by atoms with E-state index in [1.54, 1.807) is 12.5 Å². The van der Waals surface area contributed by atoms with Crippen LogP contribution in [-0.4, -0.2) is 47.3 Å². The van der Waals surface area contributed by atoms with Crippen molar-refractivity contribution in [1.82, 2.24) is 20.1 Å². The number of hydrogen-bond donors (Lipinski definition) is 2. The van der Waals surface area contributed by atoms with E-state index in [4.69, 9.17) is 4.42 Å². The Balaban J connectivity index is 1.84. The highest BCUT2D eigenvalue weighted by atomic mass is 16.3. The molecule has 102 valence electrons. The smallest absolute Gasteiger partial charge is 0.244 e. The van der Waals surface area contributed by atoms with Gasteiger partial charge in [-0.2, -0.15) is 10.1 Å². The molecule has 0 unspecified atom stereocenters. The first-order valence-corrected chi connectivity index (χ1v) is 6.08. The number of hydrogen-bond acceptors (Lipinski definition) is 7. The Kier molecular flexibility index (Phi) is 4.68. The predicted molar refractivity (Wildman–Crippen MR) is 72.9 cm³/mol. The van der Waals surface area contributed by atoms with Crippen molar-refractivity contribution in [2.24, 2.45) is 0 Å². The molecular formula is C12H18N6O. The van der Waals surface area contributed by atoms with Crippen LogP contribution in [0.3, 0.4) is 0 Å². The summed E-state index contributed by atoms with van der Waals surface area (Å²) in [5, 5.41) is 14.1. The summed E-state index contributed by atoms with van der Waals surface area (Å²) in [4.78, 5) is 6.40. The Hall–Kier alpha value is -2.15. The van der Waals surface area contributed by atoms with Crippen LogP contribution in [0.5, 0.6) is 0 Å². The van der Waals surface area contributed by atoms with Gasteiger partial charge in [-0.25, -0.2) is 0 Å². The van der Waals surface area contributed by atoms with Crippen molar-refractivity contribution in [1.29, 1.82) is 0 Å². The first-order valence-electron chi connectivity index (χ1n) is 6.08. The average Bonchev–Trinajstić information content (AvgIpc) is 2.89. The molecule has 7 nitrogen and oxygen atoms in total. The van der Waals surface area contributed by atoms with Gasteiger partial charge in [0, 0.05) is 13.1 Å². The van der Waals surface area contributed by atoms with Gasteiger partial charge in [-0.3, -0.25) is 0 Å². The summed E-state index contributed by atoms with van der Waals surface area (Å²) in [6.45, 7) is 2.26. The predicted octanol–water partition coefficient (Wildman–Crippen LogP) is 1.05. The third kappa shape index (κ3) is 4.55. The third-order valence-corrected chi connectivity index (χ3v) is 2.42. The summed E-state index contributed by atoms with van der Waals surface area (Å²) in [5.74, 6) is 2.03. The van der Waals surface area contributed by atoms with E-state index < -0.39 is 0 Å². The molecular weight excluding hydrogens is 244 g/mol. The fourth-order valence-electron chi connectivity index (χ4n) is 1.45. The monoisotopic (exact) mass is 262 g/mol. The minimum Gasteiger partial charge on any atom is -0.467 e. The fraction of sp³-hybridized carbons (Fsp3) is 0.417. The largest absolute Gasteiger partial charge is 0.467 e. The number of nitrogens with zero attached hydrogens (tertiary/aromatic N) is 4. The Morgan fingerprint density at radius 2 is 2.21 bits per heavy atom. The molecule has 19 heavy (non-hydrogen) atoms. The standard InChI is InChI=1S/C12H18N6O/c1-18(2)6-5-13-12-16-11(9-15-17-12)14-8-10-4-3-7-19-10/h3-4,7,9H,5-6,8H2,1-2H3,(H2,13,14,16,17). The van der Waals surface area contributed by atoms with Gasteiger partial charge in [-0.05, 0) is 26.2 Å². The number of nitrogens with one attached hydrogen (secondary N) is 2. The second-order valence-corrected chi connectivity index (χ2v) is 4.33. The van der Waals surface area contributed by atoms with Crippen LogP contribution in [-0.2, 0) is 6.54 Å². The molecule has 0 bridgehead atoms. The quantitative estimate of drug-likeness (QED) is 0.772. The summed E-state index contributed by atoms with van der Waals surface area (Å²) in [5.41, 5.74) is 0. The van der Waals surface area contributed by atoms with Crippen LogP contribution in [0.4, 0.5) is 11.8 Å². The first kappa shape index (κ1) is 13.3. The Bertz CT molecular complexity index is 485. The molecule has 0 aliphatic heterocycles. The molecule has 0 aliphatic rings. The molecule has 2 aromatic heterocycles. The van der Waals surface area contributed by atoms with Gasteiger partial charge in [0.1, 0.15) is 5.76 Å². The fourth-order valence-corrected chi connectivity index (χ4v) is 1.45. The zero-order valence-electron chi connectivity index (χ0n) is 11.1. The third-order valence-electron chi connectivity index (χ3n) is 2.42. The lowest BCUT2D eigenvalue weighted by Gasteiger charge is -2.10. The molecule has 0 saturated heterocycles. The molecule has 0 saturated carbocycles. The number of likely N-dealkylation sites (N-methyl/N-ethyl adjacent to an activating group) is 1. The van der Waals surface area contributed by atoms with E-state index >= 15 is 0 Å². The van der Waals surface area contributed by atoms with Crippen molar-refractivity contribution < 1.29 is 4.42 Å². The van der Waals surface area contributed by atoms with Crippen LogP contribution in [0.1, 0.15) is 5.76 Å². The molecule has 0 aromatic carbocycles. The summed E-state index contributed by atoms with van der Waals surface area (Å²) < 4.78 is 5.23. The van der Waals surface area contributed by atoms with E-state index in [1.165, 1.54) is 0 Å². The second kappa shape index (κ2) is 6.69. The molecule has 0 fully saturated rings. The molecule has 2 aromatic rings. The van der Waals surface area contributed by atoms with E-state index in [9.17, 15) is 0 Å². The minimum atomic E-state index is 0.520. The van der Waals surface area contributed by atoms with Crippen molar-refractivity contribution in [3.8, 4) is 0 Å². The van der Waals surface area contributed by atoms with Gasteiger partial charge in [0.05, 0.1) is 19.0 Å². The first-order chi connectivity index (χ1) is 9.24. The van der Waals surface area contributed by atoms with Crippen molar-refractivity contribution in [2.45, 2.75) is 6.54 Å². The van der Waals surface area contributed by atoms with Gasteiger partial charge in [0.15, 0.2) is 5.82 Å². The zero-order chi connectivity index (χ0) is 13.5. The topological polar surface area (TPSA) is 79.1 Å². The molecule has 0 aliphatic carbocycles. The van der Waals surface area contributed by atoms with Crippen LogP contribution in [0.2, 0.25) is 0 Å². The zero-order valence-corrected chi connectivity index (χ0v) is 11.1. The maximum absolute atomic E-state index is 5.23. The van der Waals surface area contributed by atoms with Crippen LogP contribution in [0, 0.1) is 0 Å². The minimum absolute atomic E-state index is 0.520. The summed E-state index contributed by atoms with van der Waals surface area (Å²) in [7, 11) is 4.03. The van der Waals surface area contributed by atoms with Crippen molar-refractivity contribution in [3.05, 3.63) is 30.4 Å². The molecule has 0 spiro atoms. The highest BCUT2D eigenvalue weighted by molar-refractivity contribution is 5.37. The lowest BCUT2D eigenvalue weighted by Crippen LogP contribution is -2.21. The van der Waals surface area contributed by atoms with Crippen molar-refractivity contribution in [2.75, 3.05) is 37.8 Å². The Morgan fingerprint density at radius 3 is 2.95 bits per heavy atom. The summed E-state index contributed by atoms with van der Waals surface area (Å²) >= 11 is 0. The van der Waals surface area contributed by atoms with Crippen LogP contribution >= 0.6 is 0 Å². The van der Waals surface area contributed by atoms with Gasteiger partial charge < -0.3 is 20.0 Å². The Labute approximate surface area is 112 Å². The number of anilines is 2. The van der Waals surface area contributed by atoms with Crippen molar-refractivity contribution in [3.63, 3.8) is 0 Å². The highest BCUT2D eigenvalue weighted by Crippen LogP contribution is 2.07. The normalized spacial score (nSPS) is 10.7. The van der Waals surface area contributed by atoms with Crippen LogP contribution < -0.4 is 10.6 Å². The lowest BCUT2D eigenvalue weighted by molar-refractivity contribution is 0.425. The maximum atomic E-state index is 5.23. The Morgan fingerprint density at radius 1 is 1.32 bits per heavy atom. The van der Waals surface area contributed by atoms with Gasteiger partial charge in [-0.1, -0.05) is 0 Å². The number of aromatic nitrogens is 3. The maximum Gasteiger partial charge on any atom is 0.244 e. The van der Waals surface area contributed by atoms with Crippen LogP contribution in [0.25, 0.3) is 0 Å².